The Morgan fingerprint density at radius 3 is 2.45 bits per heavy atom. The van der Waals surface area contributed by atoms with Crippen LogP contribution in [-0.2, 0) is 19.7 Å². The predicted octanol–water partition coefficient (Wildman–Crippen LogP) is 4.12. The minimum absolute atomic E-state index is 0.159. The number of hydrogen-bond donors (Lipinski definition) is 1. The fraction of sp³-hybridized carbons (Fsp3) is 0.333. The monoisotopic (exact) mass is 400 g/mol. The summed E-state index contributed by atoms with van der Waals surface area (Å²) in [6.07, 6.45) is 1.70. The van der Waals surface area contributed by atoms with Crippen LogP contribution >= 0.6 is 0 Å². The van der Waals surface area contributed by atoms with Crippen molar-refractivity contribution in [1.29, 1.82) is 0 Å². The summed E-state index contributed by atoms with van der Waals surface area (Å²) in [6.45, 7) is 1.44. The maximum absolute atomic E-state index is 13.3. The molecule has 0 aromatic heterocycles. The van der Waals surface area contributed by atoms with E-state index in [4.69, 9.17) is 4.74 Å². The number of amides is 1. The van der Waals surface area contributed by atoms with E-state index in [9.17, 15) is 24.1 Å². The zero-order valence-electron chi connectivity index (χ0n) is 15.9. The van der Waals surface area contributed by atoms with E-state index in [1.165, 1.54) is 43.3 Å². The van der Waals surface area contributed by atoms with Gasteiger partial charge in [0.25, 0.3) is 11.6 Å². The zero-order chi connectivity index (χ0) is 21.0. The number of nitro groups is 1. The molecule has 0 aliphatic heterocycles. The van der Waals surface area contributed by atoms with E-state index in [-0.39, 0.29) is 17.2 Å². The molecule has 0 spiro atoms. The van der Waals surface area contributed by atoms with Gasteiger partial charge in [-0.15, -0.1) is 0 Å². The van der Waals surface area contributed by atoms with Crippen LogP contribution in [0.4, 0.5) is 15.8 Å². The summed E-state index contributed by atoms with van der Waals surface area (Å²) in [5, 5.41) is 13.4. The Bertz CT molecular complexity index is 923. The maximum atomic E-state index is 13.3. The lowest BCUT2D eigenvalue weighted by Crippen LogP contribution is -2.39. The van der Waals surface area contributed by atoms with Crippen molar-refractivity contribution in [2.75, 3.05) is 5.32 Å². The molecule has 1 aliphatic rings. The van der Waals surface area contributed by atoms with Crippen LogP contribution in [0.5, 0.6) is 0 Å². The van der Waals surface area contributed by atoms with Gasteiger partial charge in [-0.25, -0.2) is 4.39 Å². The Hall–Kier alpha value is -3.29. The van der Waals surface area contributed by atoms with Gasteiger partial charge in [0.05, 0.1) is 10.3 Å². The average Bonchev–Trinajstić information content (AvgIpc) is 3.20. The highest BCUT2D eigenvalue weighted by Crippen LogP contribution is 2.42. The van der Waals surface area contributed by atoms with Crippen LogP contribution in [0.1, 0.15) is 38.2 Å². The molecular formula is C21H21FN2O5. The Labute approximate surface area is 167 Å². The molecule has 1 amide bonds. The molecule has 1 aliphatic carbocycles. The lowest BCUT2D eigenvalue weighted by atomic mass is 9.79. The third-order valence-electron chi connectivity index (χ3n) is 5.22. The van der Waals surface area contributed by atoms with Crippen LogP contribution in [0.3, 0.4) is 0 Å². The van der Waals surface area contributed by atoms with E-state index >= 15 is 0 Å². The van der Waals surface area contributed by atoms with Gasteiger partial charge in [0.2, 0.25) is 0 Å². The van der Waals surface area contributed by atoms with Crippen molar-refractivity contribution in [3.8, 4) is 0 Å². The lowest BCUT2D eigenvalue weighted by Gasteiger charge is -2.28. The summed E-state index contributed by atoms with van der Waals surface area (Å²) < 4.78 is 18.7. The summed E-state index contributed by atoms with van der Waals surface area (Å²) in [5.74, 6) is -1.51. The molecule has 0 heterocycles. The van der Waals surface area contributed by atoms with Gasteiger partial charge in [0.15, 0.2) is 6.10 Å². The lowest BCUT2D eigenvalue weighted by molar-refractivity contribution is -0.384. The van der Waals surface area contributed by atoms with Gasteiger partial charge >= 0.3 is 5.97 Å². The third kappa shape index (κ3) is 4.42. The Morgan fingerprint density at radius 1 is 1.17 bits per heavy atom. The molecule has 1 atom stereocenters. The number of benzene rings is 2. The van der Waals surface area contributed by atoms with Crippen LogP contribution in [-0.4, -0.2) is 22.9 Å². The molecule has 29 heavy (non-hydrogen) atoms. The van der Waals surface area contributed by atoms with E-state index in [0.717, 1.165) is 12.8 Å². The van der Waals surface area contributed by atoms with Crippen molar-refractivity contribution in [2.24, 2.45) is 0 Å². The first-order valence-electron chi connectivity index (χ1n) is 9.34. The Balaban J connectivity index is 1.71. The minimum atomic E-state index is -1.10. The van der Waals surface area contributed by atoms with E-state index in [1.54, 1.807) is 12.1 Å². The normalized spacial score (nSPS) is 16.1. The molecule has 1 unspecified atom stereocenters. The van der Waals surface area contributed by atoms with Gasteiger partial charge in [-0.3, -0.25) is 19.7 Å². The molecule has 2 aromatic carbocycles. The molecule has 1 fully saturated rings. The summed E-state index contributed by atoms with van der Waals surface area (Å²) in [5.41, 5.74) is -0.143. The molecule has 0 bridgehead atoms. The van der Waals surface area contributed by atoms with Crippen molar-refractivity contribution < 1.29 is 23.6 Å². The topological polar surface area (TPSA) is 98.5 Å². The molecule has 0 radical (unpaired) electrons. The quantitative estimate of drug-likeness (QED) is 0.447. The van der Waals surface area contributed by atoms with Crippen LogP contribution in [0, 0.1) is 15.9 Å². The maximum Gasteiger partial charge on any atom is 0.317 e. The van der Waals surface area contributed by atoms with Crippen LogP contribution in [0.15, 0.2) is 48.5 Å². The SMILES string of the molecule is CC(OC(=O)C1(c2ccc(F)cc2)CCCC1)C(=O)Nc1cccc([N+](=O)[O-])c1. The second-order valence-electron chi connectivity index (χ2n) is 7.14. The van der Waals surface area contributed by atoms with Gasteiger partial charge in [-0.2, -0.15) is 0 Å². The minimum Gasteiger partial charge on any atom is -0.452 e. The molecule has 152 valence electrons. The van der Waals surface area contributed by atoms with E-state index in [0.29, 0.717) is 18.4 Å². The van der Waals surface area contributed by atoms with Gasteiger partial charge in [0, 0.05) is 17.8 Å². The van der Waals surface area contributed by atoms with Crippen LogP contribution in [0.25, 0.3) is 0 Å². The number of nitro benzene ring substituents is 1. The molecule has 7 nitrogen and oxygen atoms in total. The molecule has 2 aromatic rings. The summed E-state index contributed by atoms with van der Waals surface area (Å²) in [6, 6.07) is 11.3. The van der Waals surface area contributed by atoms with Crippen molar-refractivity contribution in [3.63, 3.8) is 0 Å². The highest BCUT2D eigenvalue weighted by molar-refractivity contribution is 5.96. The number of carbonyl (C=O) groups excluding carboxylic acids is 2. The molecule has 8 heteroatoms. The van der Waals surface area contributed by atoms with Crippen molar-refractivity contribution in [1.82, 2.24) is 0 Å². The van der Waals surface area contributed by atoms with Crippen molar-refractivity contribution >= 4 is 23.3 Å². The van der Waals surface area contributed by atoms with Gasteiger partial charge < -0.3 is 10.1 Å². The first-order valence-corrected chi connectivity index (χ1v) is 9.34. The second kappa shape index (κ2) is 8.38. The van der Waals surface area contributed by atoms with Crippen LogP contribution < -0.4 is 5.32 Å². The number of carbonyl (C=O) groups is 2. The average molecular weight is 400 g/mol. The molecule has 3 rings (SSSR count). The summed E-state index contributed by atoms with van der Waals surface area (Å²) in [7, 11) is 0. The second-order valence-corrected chi connectivity index (χ2v) is 7.14. The number of ether oxygens (including phenoxy) is 1. The van der Waals surface area contributed by atoms with Crippen molar-refractivity contribution in [2.45, 2.75) is 44.1 Å². The number of hydrogen-bond acceptors (Lipinski definition) is 5. The number of rotatable bonds is 6. The molecule has 1 N–H and O–H groups in total. The number of non-ortho nitro benzene ring substituents is 1. The first-order chi connectivity index (χ1) is 13.8. The van der Waals surface area contributed by atoms with E-state index in [1.807, 2.05) is 0 Å². The summed E-state index contributed by atoms with van der Waals surface area (Å²) >= 11 is 0. The number of anilines is 1. The smallest absolute Gasteiger partial charge is 0.317 e. The van der Waals surface area contributed by atoms with Crippen molar-refractivity contribution in [3.05, 3.63) is 70.0 Å². The van der Waals surface area contributed by atoms with Gasteiger partial charge in [-0.05, 0) is 43.5 Å². The number of halogens is 1. The highest BCUT2D eigenvalue weighted by atomic mass is 19.1. The van der Waals surface area contributed by atoms with E-state index in [2.05, 4.69) is 5.32 Å². The number of esters is 1. The largest absolute Gasteiger partial charge is 0.452 e. The molecular weight excluding hydrogens is 379 g/mol. The third-order valence-corrected chi connectivity index (χ3v) is 5.22. The zero-order valence-corrected chi connectivity index (χ0v) is 15.9. The standard InChI is InChI=1S/C21H21FN2O5/c1-14(19(25)23-17-5-4-6-18(13-17)24(27)28)29-20(26)21(11-2-3-12-21)15-7-9-16(22)10-8-15/h4-10,13-14H,2-3,11-12H2,1H3,(H,23,25). The summed E-state index contributed by atoms with van der Waals surface area (Å²) in [4.78, 5) is 35.7. The number of nitrogens with one attached hydrogen (secondary N) is 1. The van der Waals surface area contributed by atoms with Crippen LogP contribution in [0.2, 0.25) is 0 Å². The molecule has 0 saturated heterocycles. The Morgan fingerprint density at radius 2 is 1.83 bits per heavy atom. The molecule has 1 saturated carbocycles. The highest BCUT2D eigenvalue weighted by Gasteiger charge is 2.45. The number of nitrogens with zero attached hydrogens (tertiary/aromatic N) is 1. The predicted molar refractivity (Wildman–Crippen MR) is 104 cm³/mol. The fourth-order valence-electron chi connectivity index (χ4n) is 3.63. The fourth-order valence-corrected chi connectivity index (χ4v) is 3.63. The van der Waals surface area contributed by atoms with E-state index < -0.39 is 28.3 Å². The first kappa shape index (κ1) is 20.4. The Kier molecular flexibility index (Phi) is 5.91. The van der Waals surface area contributed by atoms with Gasteiger partial charge in [-0.1, -0.05) is 31.0 Å². The van der Waals surface area contributed by atoms with Gasteiger partial charge in [0.1, 0.15) is 5.82 Å².